The molecule has 0 unspecified atom stereocenters. The van der Waals surface area contributed by atoms with Crippen molar-refractivity contribution in [2.75, 3.05) is 26.9 Å². The van der Waals surface area contributed by atoms with Crippen molar-refractivity contribution in [3.05, 3.63) is 80.3 Å². The third kappa shape index (κ3) is 6.71. The summed E-state index contributed by atoms with van der Waals surface area (Å²) in [5, 5.41) is 1.33. The number of fused-ring (bicyclic) bond motifs is 3. The van der Waals surface area contributed by atoms with E-state index >= 15 is 0 Å². The van der Waals surface area contributed by atoms with Crippen molar-refractivity contribution in [1.82, 2.24) is 14.5 Å². The lowest BCUT2D eigenvalue weighted by atomic mass is 10.1. The number of amides is 1. The van der Waals surface area contributed by atoms with Crippen molar-refractivity contribution in [2.45, 2.75) is 57.9 Å². The van der Waals surface area contributed by atoms with E-state index in [0.717, 1.165) is 51.5 Å². The van der Waals surface area contributed by atoms with E-state index in [0.29, 0.717) is 74.2 Å². The first kappa shape index (κ1) is 31.9. The third-order valence-electron chi connectivity index (χ3n) is 8.43. The summed E-state index contributed by atoms with van der Waals surface area (Å²) in [7, 11) is 1.59. The molecule has 4 aromatic rings. The van der Waals surface area contributed by atoms with Gasteiger partial charge in [0.1, 0.15) is 11.6 Å². The Bertz CT molecular complexity index is 1860. The number of aryl methyl sites for hydroxylation is 1. The Morgan fingerprint density at radius 1 is 0.913 bits per heavy atom. The summed E-state index contributed by atoms with van der Waals surface area (Å²) in [6.45, 7) is 3.62. The number of hydrogen-bond donors (Lipinski definition) is 0. The summed E-state index contributed by atoms with van der Waals surface area (Å²) >= 11 is 12.4. The lowest BCUT2D eigenvalue weighted by molar-refractivity contribution is 0.0774. The van der Waals surface area contributed by atoms with Crippen LogP contribution in [0, 0.1) is 6.92 Å². The molecule has 1 saturated heterocycles. The molecule has 1 aromatic heterocycles. The van der Waals surface area contributed by atoms with Crippen LogP contribution in [0.25, 0.3) is 16.6 Å². The fraction of sp³-hybridized carbons (Fsp3) is 0.371. The number of halogens is 2. The standard InChI is InChI=1S/C35H36Cl2N4O5/c1-22-39-29-12-11-25(18-26(29)35(43)41(22)31-13-10-23(36)17-28(31)37)45-15-6-4-3-5-7-16-46-33-20-30-27(19-32(33)44-2)34(42)40-14-8-9-24(40)21-38-30/h10-13,17-21,24H,3-9,14-16H2,1-2H3/t24-/m0/s1. The van der Waals surface area contributed by atoms with Crippen molar-refractivity contribution in [1.29, 1.82) is 0 Å². The molecular formula is C35H36Cl2N4O5. The van der Waals surface area contributed by atoms with Crippen LogP contribution in [0.3, 0.4) is 0 Å². The van der Waals surface area contributed by atoms with Gasteiger partial charge in [-0.05, 0) is 75.1 Å². The van der Waals surface area contributed by atoms with Gasteiger partial charge in [0.25, 0.3) is 11.5 Å². The molecule has 46 heavy (non-hydrogen) atoms. The van der Waals surface area contributed by atoms with Crippen molar-refractivity contribution in [3.63, 3.8) is 0 Å². The number of aromatic nitrogens is 2. The van der Waals surface area contributed by atoms with Crippen molar-refractivity contribution in [3.8, 4) is 22.9 Å². The minimum absolute atomic E-state index is 0.000601. The first-order valence-electron chi connectivity index (χ1n) is 15.7. The molecule has 0 N–H and O–H groups in total. The monoisotopic (exact) mass is 662 g/mol. The molecule has 0 bridgehead atoms. The van der Waals surface area contributed by atoms with E-state index < -0.39 is 0 Å². The van der Waals surface area contributed by atoms with Gasteiger partial charge < -0.3 is 19.1 Å². The van der Waals surface area contributed by atoms with Gasteiger partial charge in [-0.3, -0.25) is 19.1 Å². The molecule has 0 radical (unpaired) electrons. The van der Waals surface area contributed by atoms with Crippen LogP contribution in [-0.4, -0.2) is 59.5 Å². The average Bonchev–Trinajstić information content (AvgIpc) is 3.48. The summed E-state index contributed by atoms with van der Waals surface area (Å²) < 4.78 is 19.1. The Balaban J connectivity index is 0.968. The Morgan fingerprint density at radius 3 is 2.48 bits per heavy atom. The Hall–Kier alpha value is -4.08. The normalized spacial score (nSPS) is 15.5. The quantitative estimate of drug-likeness (QED) is 0.144. The van der Waals surface area contributed by atoms with Gasteiger partial charge in [-0.1, -0.05) is 42.5 Å². The van der Waals surface area contributed by atoms with Crippen molar-refractivity contribution >= 4 is 51.9 Å². The minimum Gasteiger partial charge on any atom is -0.494 e. The molecule has 2 aliphatic heterocycles. The molecule has 0 aliphatic carbocycles. The summed E-state index contributed by atoms with van der Waals surface area (Å²) in [6, 6.07) is 14.0. The maximum atomic E-state index is 13.4. The highest BCUT2D eigenvalue weighted by Crippen LogP contribution is 2.38. The number of carbonyl (C=O) groups is 1. The summed E-state index contributed by atoms with van der Waals surface area (Å²) in [4.78, 5) is 37.6. The van der Waals surface area contributed by atoms with Crippen LogP contribution < -0.4 is 19.8 Å². The number of aliphatic imine (C=N–C) groups is 1. The molecule has 11 heteroatoms. The largest absolute Gasteiger partial charge is 0.494 e. The van der Waals surface area contributed by atoms with E-state index in [1.54, 1.807) is 50.4 Å². The highest BCUT2D eigenvalue weighted by molar-refractivity contribution is 6.35. The molecular weight excluding hydrogens is 627 g/mol. The van der Waals surface area contributed by atoms with Gasteiger partial charge >= 0.3 is 0 Å². The van der Waals surface area contributed by atoms with E-state index in [-0.39, 0.29) is 17.5 Å². The zero-order valence-electron chi connectivity index (χ0n) is 25.9. The van der Waals surface area contributed by atoms with Gasteiger partial charge in [0, 0.05) is 23.8 Å². The molecule has 0 spiro atoms. The topological polar surface area (TPSA) is 95.2 Å². The van der Waals surface area contributed by atoms with Crippen molar-refractivity contribution in [2.24, 2.45) is 4.99 Å². The summed E-state index contributed by atoms with van der Waals surface area (Å²) in [5.41, 5.74) is 2.10. The lowest BCUT2D eigenvalue weighted by Crippen LogP contribution is -2.35. The fourth-order valence-corrected chi connectivity index (χ4v) is 6.53. The zero-order valence-corrected chi connectivity index (χ0v) is 27.4. The predicted molar refractivity (Wildman–Crippen MR) is 181 cm³/mol. The van der Waals surface area contributed by atoms with E-state index in [1.807, 2.05) is 23.2 Å². The van der Waals surface area contributed by atoms with E-state index in [9.17, 15) is 9.59 Å². The third-order valence-corrected chi connectivity index (χ3v) is 8.97. The molecule has 3 aromatic carbocycles. The number of hydrogen-bond acceptors (Lipinski definition) is 7. The SMILES string of the molecule is COc1cc2c(cc1OCCCCCCCOc1ccc3nc(C)n(-c4ccc(Cl)cc4Cl)c(=O)c3c1)N=C[C@@H]1CCCN1C2=O. The van der Waals surface area contributed by atoms with Gasteiger partial charge in [0.05, 0.1) is 59.2 Å². The molecule has 9 nitrogen and oxygen atoms in total. The van der Waals surface area contributed by atoms with Gasteiger partial charge in [0.2, 0.25) is 0 Å². The van der Waals surface area contributed by atoms with Crippen LogP contribution in [-0.2, 0) is 0 Å². The fourth-order valence-electron chi connectivity index (χ4n) is 6.04. The number of nitrogens with zero attached hydrogens (tertiary/aromatic N) is 4. The zero-order chi connectivity index (χ0) is 32.2. The molecule has 240 valence electrons. The van der Waals surface area contributed by atoms with E-state index in [4.69, 9.17) is 37.4 Å². The summed E-state index contributed by atoms with van der Waals surface area (Å²) in [6.07, 6.45) is 8.65. The number of benzene rings is 3. The number of carbonyl (C=O) groups excluding carboxylic acids is 1. The maximum absolute atomic E-state index is 13.4. The van der Waals surface area contributed by atoms with Crippen LogP contribution >= 0.6 is 23.2 Å². The smallest absolute Gasteiger partial charge is 0.266 e. The second-order valence-electron chi connectivity index (χ2n) is 11.5. The number of unbranched alkanes of at least 4 members (excludes halogenated alkanes) is 4. The van der Waals surface area contributed by atoms with Gasteiger partial charge in [-0.25, -0.2) is 4.98 Å². The second kappa shape index (κ2) is 14.1. The second-order valence-corrected chi connectivity index (χ2v) is 12.4. The Labute approximate surface area is 277 Å². The molecule has 3 heterocycles. The van der Waals surface area contributed by atoms with Crippen molar-refractivity contribution < 1.29 is 19.0 Å². The van der Waals surface area contributed by atoms with Crippen LogP contribution in [0.5, 0.6) is 17.2 Å². The van der Waals surface area contributed by atoms with Crippen LogP contribution in [0.1, 0.15) is 61.1 Å². The van der Waals surface area contributed by atoms with Crippen LogP contribution in [0.2, 0.25) is 10.0 Å². The Kier molecular flexibility index (Phi) is 9.80. The van der Waals surface area contributed by atoms with E-state index in [1.165, 1.54) is 4.57 Å². The lowest BCUT2D eigenvalue weighted by Gasteiger charge is -2.20. The maximum Gasteiger partial charge on any atom is 0.266 e. The first-order valence-corrected chi connectivity index (χ1v) is 16.4. The molecule has 1 amide bonds. The van der Waals surface area contributed by atoms with Gasteiger partial charge in [-0.2, -0.15) is 0 Å². The predicted octanol–water partition coefficient (Wildman–Crippen LogP) is 7.74. The van der Waals surface area contributed by atoms with Gasteiger partial charge in [0.15, 0.2) is 11.5 Å². The molecule has 2 aliphatic rings. The number of methoxy groups -OCH3 is 1. The van der Waals surface area contributed by atoms with Crippen LogP contribution in [0.4, 0.5) is 5.69 Å². The number of rotatable bonds is 12. The average molecular weight is 664 g/mol. The van der Waals surface area contributed by atoms with Crippen LogP contribution in [0.15, 0.2) is 58.3 Å². The summed E-state index contributed by atoms with van der Waals surface area (Å²) in [5.74, 6) is 2.30. The van der Waals surface area contributed by atoms with E-state index in [2.05, 4.69) is 9.98 Å². The Morgan fingerprint density at radius 2 is 1.70 bits per heavy atom. The highest BCUT2D eigenvalue weighted by atomic mass is 35.5. The first-order chi connectivity index (χ1) is 22.3. The van der Waals surface area contributed by atoms with Gasteiger partial charge in [-0.15, -0.1) is 0 Å². The minimum atomic E-state index is -0.218. The molecule has 1 fully saturated rings. The highest BCUT2D eigenvalue weighted by Gasteiger charge is 2.32. The molecule has 1 atom stereocenters. The molecule has 0 saturated carbocycles. The number of ether oxygens (including phenoxy) is 3. The molecule has 6 rings (SSSR count).